The first-order chi connectivity index (χ1) is 11.8. The molecule has 1 aliphatic heterocycles. The summed E-state index contributed by atoms with van der Waals surface area (Å²) in [7, 11) is 0. The zero-order valence-corrected chi connectivity index (χ0v) is 13.5. The van der Waals surface area contributed by atoms with Crippen LogP contribution in [0.2, 0.25) is 0 Å². The van der Waals surface area contributed by atoms with Crippen molar-refractivity contribution in [3.05, 3.63) is 42.5 Å². The maximum Gasteiger partial charge on any atom is 0.137 e. The highest BCUT2D eigenvalue weighted by atomic mass is 19.1. The summed E-state index contributed by atoms with van der Waals surface area (Å²) in [5, 5.41) is 4.15. The molecule has 3 heterocycles. The lowest BCUT2D eigenvalue weighted by Crippen LogP contribution is -2.35. The van der Waals surface area contributed by atoms with Gasteiger partial charge in [-0.05, 0) is 44.0 Å². The third-order valence-corrected chi connectivity index (χ3v) is 4.69. The van der Waals surface area contributed by atoms with E-state index in [4.69, 9.17) is 4.98 Å². The molecule has 0 bridgehead atoms. The minimum absolute atomic E-state index is 0.231. The molecule has 126 valence electrons. The predicted molar refractivity (Wildman–Crippen MR) is 88.9 cm³/mol. The van der Waals surface area contributed by atoms with Crippen molar-refractivity contribution in [2.24, 2.45) is 0 Å². The van der Waals surface area contributed by atoms with Gasteiger partial charge in [0, 0.05) is 13.1 Å². The van der Waals surface area contributed by atoms with Gasteiger partial charge in [0.15, 0.2) is 0 Å². The molecule has 0 saturated carbocycles. The van der Waals surface area contributed by atoms with Crippen LogP contribution in [0.25, 0.3) is 11.0 Å². The molecule has 3 aromatic rings. The number of imidazole rings is 1. The zero-order chi connectivity index (χ0) is 16.4. The molecule has 1 N–H and O–H groups in total. The molecule has 4 rings (SSSR count). The van der Waals surface area contributed by atoms with Gasteiger partial charge in [-0.2, -0.15) is 5.10 Å². The monoisotopic (exact) mass is 328 g/mol. The van der Waals surface area contributed by atoms with E-state index in [-0.39, 0.29) is 11.9 Å². The number of nitrogens with zero attached hydrogens (tertiary/aromatic N) is 5. The van der Waals surface area contributed by atoms with Crippen molar-refractivity contribution in [2.75, 3.05) is 13.1 Å². The number of likely N-dealkylation sites (tertiary alicyclic amines) is 1. The van der Waals surface area contributed by atoms with E-state index in [1.807, 2.05) is 4.68 Å². The molecule has 0 aliphatic carbocycles. The smallest absolute Gasteiger partial charge is 0.137 e. The first-order valence-electron chi connectivity index (χ1n) is 8.51. The van der Waals surface area contributed by atoms with Gasteiger partial charge >= 0.3 is 0 Å². The fourth-order valence-electron chi connectivity index (χ4n) is 3.51. The molecule has 1 aliphatic rings. The second-order valence-corrected chi connectivity index (χ2v) is 6.34. The van der Waals surface area contributed by atoms with Gasteiger partial charge in [0.1, 0.15) is 24.3 Å². The van der Waals surface area contributed by atoms with E-state index >= 15 is 0 Å². The summed E-state index contributed by atoms with van der Waals surface area (Å²) in [6.45, 7) is 2.94. The van der Waals surface area contributed by atoms with E-state index in [0.29, 0.717) is 0 Å². The Morgan fingerprint density at radius 3 is 3.08 bits per heavy atom. The molecule has 2 aromatic heterocycles. The van der Waals surface area contributed by atoms with Crippen molar-refractivity contribution in [3.8, 4) is 0 Å². The van der Waals surface area contributed by atoms with Crippen molar-refractivity contribution in [1.29, 1.82) is 0 Å². The Kier molecular flexibility index (Phi) is 4.25. The minimum Gasteiger partial charge on any atom is -0.341 e. The van der Waals surface area contributed by atoms with Gasteiger partial charge in [-0.1, -0.05) is 6.42 Å². The van der Waals surface area contributed by atoms with Crippen LogP contribution < -0.4 is 0 Å². The highest BCUT2D eigenvalue weighted by Gasteiger charge is 2.26. The highest BCUT2D eigenvalue weighted by Crippen LogP contribution is 2.30. The fraction of sp³-hybridized carbons (Fsp3) is 0.471. The Hall–Kier alpha value is -2.28. The molecule has 1 fully saturated rings. The third kappa shape index (κ3) is 3.17. The lowest BCUT2D eigenvalue weighted by molar-refractivity contribution is 0.138. The number of piperidine rings is 1. The number of nitrogens with one attached hydrogen (secondary N) is 1. The molecular weight excluding hydrogens is 307 g/mol. The lowest BCUT2D eigenvalue weighted by atomic mass is 10.0. The number of halogens is 1. The summed E-state index contributed by atoms with van der Waals surface area (Å²) in [4.78, 5) is 14.5. The molecule has 24 heavy (non-hydrogen) atoms. The van der Waals surface area contributed by atoms with Crippen LogP contribution in [0.1, 0.15) is 37.5 Å². The van der Waals surface area contributed by atoms with Crippen molar-refractivity contribution in [1.82, 2.24) is 29.6 Å². The van der Waals surface area contributed by atoms with Crippen molar-refractivity contribution in [2.45, 2.75) is 38.3 Å². The number of H-pyrrole nitrogens is 1. The lowest BCUT2D eigenvalue weighted by Gasteiger charge is -2.34. The van der Waals surface area contributed by atoms with Crippen molar-refractivity contribution < 1.29 is 4.39 Å². The number of rotatable bonds is 5. The van der Waals surface area contributed by atoms with Gasteiger partial charge < -0.3 is 4.98 Å². The van der Waals surface area contributed by atoms with Crippen molar-refractivity contribution in [3.63, 3.8) is 0 Å². The van der Waals surface area contributed by atoms with E-state index < -0.39 is 0 Å². The number of aromatic nitrogens is 5. The van der Waals surface area contributed by atoms with Crippen LogP contribution in [-0.2, 0) is 6.54 Å². The largest absolute Gasteiger partial charge is 0.341 e. The zero-order valence-electron chi connectivity index (χ0n) is 13.5. The highest BCUT2D eigenvalue weighted by molar-refractivity contribution is 5.75. The molecule has 0 spiro atoms. The number of aryl methyl sites for hydroxylation is 1. The van der Waals surface area contributed by atoms with Crippen LogP contribution in [0, 0.1) is 5.82 Å². The molecule has 0 unspecified atom stereocenters. The van der Waals surface area contributed by atoms with Crippen LogP contribution in [0.5, 0.6) is 0 Å². The molecule has 1 atom stereocenters. The van der Waals surface area contributed by atoms with Gasteiger partial charge in [-0.25, -0.2) is 14.4 Å². The quantitative estimate of drug-likeness (QED) is 0.782. The predicted octanol–water partition coefficient (Wildman–Crippen LogP) is 2.91. The van der Waals surface area contributed by atoms with Gasteiger partial charge in [-0.15, -0.1) is 0 Å². The average molecular weight is 328 g/mol. The number of hydrogen-bond donors (Lipinski definition) is 1. The Labute approximate surface area is 139 Å². The number of aromatic amines is 1. The summed E-state index contributed by atoms with van der Waals surface area (Å²) in [6, 6.07) is 5.00. The van der Waals surface area contributed by atoms with E-state index in [2.05, 4.69) is 20.0 Å². The number of benzene rings is 1. The van der Waals surface area contributed by atoms with Crippen LogP contribution in [0.3, 0.4) is 0 Å². The Morgan fingerprint density at radius 1 is 1.25 bits per heavy atom. The SMILES string of the molecule is Fc1ccc2nc([C@@H]3CCCCN3CCCn3cncn3)[nH]c2c1. The maximum atomic E-state index is 13.4. The Morgan fingerprint density at radius 2 is 2.21 bits per heavy atom. The van der Waals surface area contributed by atoms with E-state index in [1.54, 1.807) is 18.7 Å². The molecule has 0 radical (unpaired) electrons. The van der Waals surface area contributed by atoms with E-state index in [0.717, 1.165) is 49.3 Å². The standard InChI is InChI=1S/C17H21FN6/c18-13-5-6-14-15(10-13)22-17(21-14)16-4-1-2-7-23(16)8-3-9-24-12-19-11-20-24/h5-6,10-12,16H,1-4,7-9H2,(H,21,22)/t16-/m0/s1. The van der Waals surface area contributed by atoms with Gasteiger partial charge in [0.2, 0.25) is 0 Å². The molecule has 1 aromatic carbocycles. The Balaban J connectivity index is 1.47. The molecule has 1 saturated heterocycles. The van der Waals surface area contributed by atoms with Crippen molar-refractivity contribution >= 4 is 11.0 Å². The van der Waals surface area contributed by atoms with Crippen LogP contribution >= 0.6 is 0 Å². The normalized spacial score (nSPS) is 19.1. The second kappa shape index (κ2) is 6.68. The van der Waals surface area contributed by atoms with E-state index in [1.165, 1.54) is 25.0 Å². The minimum atomic E-state index is -0.231. The second-order valence-electron chi connectivity index (χ2n) is 6.34. The van der Waals surface area contributed by atoms with Crippen LogP contribution in [0.15, 0.2) is 30.9 Å². The maximum absolute atomic E-state index is 13.4. The summed E-state index contributed by atoms with van der Waals surface area (Å²) in [6.07, 6.45) is 7.85. The Bertz CT molecular complexity index is 797. The third-order valence-electron chi connectivity index (χ3n) is 4.69. The fourth-order valence-corrected chi connectivity index (χ4v) is 3.51. The van der Waals surface area contributed by atoms with Gasteiger partial charge in [-0.3, -0.25) is 9.58 Å². The first kappa shape index (κ1) is 15.3. The van der Waals surface area contributed by atoms with E-state index in [9.17, 15) is 4.39 Å². The first-order valence-corrected chi connectivity index (χ1v) is 8.51. The molecule has 7 heteroatoms. The van der Waals surface area contributed by atoms with Crippen LogP contribution in [-0.4, -0.2) is 42.7 Å². The molecule has 0 amide bonds. The molecular formula is C17H21FN6. The van der Waals surface area contributed by atoms with Crippen LogP contribution in [0.4, 0.5) is 4.39 Å². The number of fused-ring (bicyclic) bond motifs is 1. The summed E-state index contributed by atoms with van der Waals surface area (Å²) in [5.74, 6) is 0.724. The average Bonchev–Trinajstić information content (AvgIpc) is 3.24. The summed E-state index contributed by atoms with van der Waals surface area (Å²) >= 11 is 0. The topological polar surface area (TPSA) is 62.6 Å². The number of hydrogen-bond acceptors (Lipinski definition) is 4. The summed E-state index contributed by atoms with van der Waals surface area (Å²) in [5.41, 5.74) is 1.61. The van der Waals surface area contributed by atoms with Gasteiger partial charge in [0.05, 0.1) is 17.1 Å². The van der Waals surface area contributed by atoms with Gasteiger partial charge in [0.25, 0.3) is 0 Å². The summed E-state index contributed by atoms with van der Waals surface area (Å²) < 4.78 is 15.3. The molecule has 6 nitrogen and oxygen atoms in total.